The predicted octanol–water partition coefficient (Wildman–Crippen LogP) is 3.54. The Morgan fingerprint density at radius 1 is 1.29 bits per heavy atom. The van der Waals surface area contributed by atoms with Crippen LogP contribution in [0.15, 0.2) is 24.3 Å². The van der Waals surface area contributed by atoms with Gasteiger partial charge in [0.15, 0.2) is 0 Å². The van der Waals surface area contributed by atoms with Gasteiger partial charge in [0.25, 0.3) is 0 Å². The molecule has 1 N–H and O–H groups in total. The Morgan fingerprint density at radius 2 is 1.95 bits per heavy atom. The van der Waals surface area contributed by atoms with Crippen molar-refractivity contribution >= 4 is 5.97 Å². The van der Waals surface area contributed by atoms with Crippen LogP contribution in [0.4, 0.5) is 0 Å². The van der Waals surface area contributed by atoms with Crippen molar-refractivity contribution in [1.29, 1.82) is 0 Å². The summed E-state index contributed by atoms with van der Waals surface area (Å²) in [5.74, 6) is -0.271. The van der Waals surface area contributed by atoms with E-state index in [1.165, 1.54) is 11.1 Å². The Morgan fingerprint density at radius 3 is 2.52 bits per heavy atom. The maximum absolute atomic E-state index is 11.2. The van der Waals surface area contributed by atoms with E-state index in [4.69, 9.17) is 0 Å². The summed E-state index contributed by atoms with van der Waals surface area (Å²) >= 11 is 0. The minimum Gasteiger partial charge on any atom is -0.481 e. The van der Waals surface area contributed by atoms with Crippen LogP contribution in [0.5, 0.6) is 0 Å². The monoisotopic (exact) mass is 289 g/mol. The van der Waals surface area contributed by atoms with E-state index in [1.54, 1.807) is 0 Å². The fraction of sp³-hybridized carbons (Fsp3) is 0.611. The normalized spacial score (nSPS) is 21.4. The molecule has 0 radical (unpaired) electrons. The molecule has 0 bridgehead atoms. The van der Waals surface area contributed by atoms with Crippen LogP contribution in [0.3, 0.4) is 0 Å². The number of hydrogen-bond acceptors (Lipinski definition) is 2. The molecule has 1 fully saturated rings. The number of carboxylic acids is 1. The molecule has 2 unspecified atom stereocenters. The van der Waals surface area contributed by atoms with Gasteiger partial charge in [-0.05, 0) is 49.8 Å². The van der Waals surface area contributed by atoms with E-state index in [9.17, 15) is 9.90 Å². The second-order valence-electron chi connectivity index (χ2n) is 6.62. The molecular formula is C18H27NO2. The first-order valence-electron chi connectivity index (χ1n) is 8.03. The highest BCUT2D eigenvalue weighted by Crippen LogP contribution is 2.21. The first kappa shape index (κ1) is 16.0. The van der Waals surface area contributed by atoms with E-state index >= 15 is 0 Å². The number of piperidine rings is 1. The first-order chi connectivity index (χ1) is 9.97. The zero-order valence-electron chi connectivity index (χ0n) is 13.4. The quantitative estimate of drug-likeness (QED) is 0.901. The Hall–Kier alpha value is -1.35. The molecule has 0 spiro atoms. The second-order valence-corrected chi connectivity index (χ2v) is 6.62. The molecule has 0 aromatic heterocycles. The molecule has 0 aliphatic carbocycles. The van der Waals surface area contributed by atoms with Gasteiger partial charge < -0.3 is 5.11 Å². The summed E-state index contributed by atoms with van der Waals surface area (Å²) in [6, 6.07) is 9.25. The molecule has 1 aliphatic rings. The number of carbonyl (C=O) groups is 1. The molecule has 2 atom stereocenters. The number of hydrogen-bond donors (Lipinski definition) is 1. The Bertz CT molecular complexity index is 467. The summed E-state index contributed by atoms with van der Waals surface area (Å²) in [4.78, 5) is 13.5. The number of aliphatic carboxylic acids is 1. The van der Waals surface area contributed by atoms with Crippen LogP contribution in [-0.2, 0) is 11.2 Å². The average molecular weight is 289 g/mol. The number of nitrogens with zero attached hydrogens (tertiary/aromatic N) is 1. The van der Waals surface area contributed by atoms with Crippen molar-refractivity contribution in [1.82, 2.24) is 4.90 Å². The lowest BCUT2D eigenvalue weighted by molar-refractivity contribution is -0.143. The summed E-state index contributed by atoms with van der Waals surface area (Å²) in [5, 5.41) is 9.18. The SMILES string of the molecule is CC(C)c1ccc(CC(C)N2CCCC(C(=O)O)C2)cc1. The molecule has 2 rings (SSSR count). The van der Waals surface area contributed by atoms with E-state index in [1.807, 2.05) is 0 Å². The number of benzene rings is 1. The van der Waals surface area contributed by atoms with Gasteiger partial charge in [-0.15, -0.1) is 0 Å². The summed E-state index contributed by atoms with van der Waals surface area (Å²) in [6.45, 7) is 8.34. The van der Waals surface area contributed by atoms with Crippen LogP contribution in [0.1, 0.15) is 50.7 Å². The highest BCUT2D eigenvalue weighted by atomic mass is 16.4. The van der Waals surface area contributed by atoms with E-state index in [0.717, 1.165) is 25.8 Å². The fourth-order valence-electron chi connectivity index (χ4n) is 3.12. The van der Waals surface area contributed by atoms with Gasteiger partial charge in [-0.2, -0.15) is 0 Å². The van der Waals surface area contributed by atoms with Crippen molar-refractivity contribution in [2.45, 2.75) is 52.0 Å². The molecule has 3 heteroatoms. The zero-order chi connectivity index (χ0) is 15.4. The molecule has 116 valence electrons. The molecular weight excluding hydrogens is 262 g/mol. The summed E-state index contributed by atoms with van der Waals surface area (Å²) < 4.78 is 0. The molecule has 21 heavy (non-hydrogen) atoms. The lowest BCUT2D eigenvalue weighted by atomic mass is 9.95. The Kier molecular flexibility index (Phi) is 5.40. The van der Waals surface area contributed by atoms with Crippen LogP contribution in [0.2, 0.25) is 0 Å². The van der Waals surface area contributed by atoms with Crippen molar-refractivity contribution in [3.8, 4) is 0 Å². The van der Waals surface area contributed by atoms with Crippen LogP contribution >= 0.6 is 0 Å². The maximum Gasteiger partial charge on any atom is 0.307 e. The minimum absolute atomic E-state index is 0.190. The summed E-state index contributed by atoms with van der Waals surface area (Å²) in [6.07, 6.45) is 2.81. The molecule has 1 aromatic rings. The van der Waals surface area contributed by atoms with Crippen LogP contribution in [0, 0.1) is 5.92 Å². The standard InChI is InChI=1S/C18H27NO2/c1-13(2)16-8-6-15(7-9-16)11-14(3)19-10-4-5-17(12-19)18(20)21/h6-9,13-14,17H,4-5,10-12H2,1-3H3,(H,20,21). The third-order valence-electron chi connectivity index (χ3n) is 4.60. The van der Waals surface area contributed by atoms with E-state index in [-0.39, 0.29) is 5.92 Å². The molecule has 0 amide bonds. The highest BCUT2D eigenvalue weighted by Gasteiger charge is 2.27. The minimum atomic E-state index is -0.645. The summed E-state index contributed by atoms with van der Waals surface area (Å²) in [5.41, 5.74) is 2.71. The van der Waals surface area contributed by atoms with E-state index in [0.29, 0.717) is 18.5 Å². The predicted molar refractivity (Wildman–Crippen MR) is 85.6 cm³/mol. The van der Waals surface area contributed by atoms with Gasteiger partial charge in [-0.1, -0.05) is 38.1 Å². The third kappa shape index (κ3) is 4.31. The van der Waals surface area contributed by atoms with E-state index < -0.39 is 5.97 Å². The van der Waals surface area contributed by atoms with Gasteiger partial charge in [0.05, 0.1) is 5.92 Å². The topological polar surface area (TPSA) is 40.5 Å². The summed E-state index contributed by atoms with van der Waals surface area (Å²) in [7, 11) is 0. The van der Waals surface area contributed by atoms with Gasteiger partial charge in [0.1, 0.15) is 0 Å². The second kappa shape index (κ2) is 7.08. The van der Waals surface area contributed by atoms with Gasteiger partial charge in [-0.25, -0.2) is 0 Å². The number of likely N-dealkylation sites (tertiary alicyclic amines) is 1. The fourth-order valence-corrected chi connectivity index (χ4v) is 3.12. The van der Waals surface area contributed by atoms with Crippen LogP contribution in [0.25, 0.3) is 0 Å². The van der Waals surface area contributed by atoms with Crippen molar-refractivity contribution in [2.75, 3.05) is 13.1 Å². The van der Waals surface area contributed by atoms with Gasteiger partial charge >= 0.3 is 5.97 Å². The molecule has 1 heterocycles. The lowest BCUT2D eigenvalue weighted by Crippen LogP contribution is -2.44. The van der Waals surface area contributed by atoms with Crippen molar-refractivity contribution in [3.05, 3.63) is 35.4 Å². The lowest BCUT2D eigenvalue weighted by Gasteiger charge is -2.35. The third-order valence-corrected chi connectivity index (χ3v) is 4.60. The van der Waals surface area contributed by atoms with Gasteiger partial charge in [0, 0.05) is 12.6 Å². The Balaban J connectivity index is 1.94. The van der Waals surface area contributed by atoms with Crippen molar-refractivity contribution in [3.63, 3.8) is 0 Å². The average Bonchev–Trinajstić information content (AvgIpc) is 2.48. The van der Waals surface area contributed by atoms with E-state index in [2.05, 4.69) is 49.9 Å². The zero-order valence-corrected chi connectivity index (χ0v) is 13.4. The smallest absolute Gasteiger partial charge is 0.307 e. The number of carboxylic acid groups (broad SMARTS) is 1. The van der Waals surface area contributed by atoms with Crippen molar-refractivity contribution < 1.29 is 9.90 Å². The molecule has 0 saturated carbocycles. The molecule has 1 saturated heterocycles. The van der Waals surface area contributed by atoms with Crippen LogP contribution in [-0.4, -0.2) is 35.1 Å². The number of rotatable bonds is 5. The first-order valence-corrected chi connectivity index (χ1v) is 8.03. The molecule has 1 aromatic carbocycles. The van der Waals surface area contributed by atoms with Crippen LogP contribution < -0.4 is 0 Å². The van der Waals surface area contributed by atoms with Gasteiger partial charge in [0.2, 0.25) is 0 Å². The Labute approximate surface area is 128 Å². The molecule has 3 nitrogen and oxygen atoms in total. The molecule has 1 aliphatic heterocycles. The largest absolute Gasteiger partial charge is 0.481 e. The highest BCUT2D eigenvalue weighted by molar-refractivity contribution is 5.70. The van der Waals surface area contributed by atoms with Gasteiger partial charge in [-0.3, -0.25) is 9.69 Å². The van der Waals surface area contributed by atoms with Crippen molar-refractivity contribution in [2.24, 2.45) is 5.92 Å². The maximum atomic E-state index is 11.2.